The van der Waals surface area contributed by atoms with Crippen LogP contribution in [0.15, 0.2) is 42.4 Å². The highest BCUT2D eigenvalue weighted by Gasteiger charge is 2.56. The Kier molecular flexibility index (Phi) is 6.72. The van der Waals surface area contributed by atoms with Crippen molar-refractivity contribution in [1.29, 1.82) is 0 Å². The van der Waals surface area contributed by atoms with E-state index in [1.807, 2.05) is 24.0 Å². The molecule has 1 aromatic heterocycles. The van der Waals surface area contributed by atoms with Crippen molar-refractivity contribution in [3.63, 3.8) is 0 Å². The molecule has 0 radical (unpaired) electrons. The first kappa shape index (κ1) is 25.1. The highest BCUT2D eigenvalue weighted by Crippen LogP contribution is 2.44. The number of allylic oxidation sites excluding steroid dienone is 4. The number of fused-ring (bicyclic) bond motifs is 1. The SMILES string of the molecule is C=C/C(=C\C=C(/C)Nc1ncc2c(n1)N(C1CCCC1)C(=O)[C@]1(CCNC1=O)C2)N1CCN(C2CC2)CC1. The molecule has 2 amide bonds. The predicted octanol–water partition coefficient (Wildman–Crippen LogP) is 2.98. The number of hydrogen-bond donors (Lipinski definition) is 2. The first-order chi connectivity index (χ1) is 18.5. The van der Waals surface area contributed by atoms with Crippen LogP contribution in [0.1, 0.15) is 57.4 Å². The van der Waals surface area contributed by atoms with Gasteiger partial charge >= 0.3 is 0 Å². The maximum Gasteiger partial charge on any atom is 0.244 e. The second kappa shape index (κ2) is 10.2. The third-order valence-electron chi connectivity index (χ3n) is 8.92. The monoisotopic (exact) mass is 517 g/mol. The van der Waals surface area contributed by atoms with Crippen molar-refractivity contribution in [3.05, 3.63) is 48.0 Å². The molecular formula is C29H39N7O2. The van der Waals surface area contributed by atoms with E-state index in [0.29, 0.717) is 31.2 Å². The van der Waals surface area contributed by atoms with Crippen molar-refractivity contribution in [1.82, 2.24) is 25.1 Å². The van der Waals surface area contributed by atoms with Gasteiger partial charge in [0.25, 0.3) is 0 Å². The second-order valence-corrected chi connectivity index (χ2v) is 11.4. The van der Waals surface area contributed by atoms with Crippen molar-refractivity contribution in [2.75, 3.05) is 42.9 Å². The molecule has 1 aromatic rings. The maximum absolute atomic E-state index is 13.8. The predicted molar refractivity (Wildman–Crippen MR) is 147 cm³/mol. The van der Waals surface area contributed by atoms with Gasteiger partial charge in [-0.2, -0.15) is 4.98 Å². The van der Waals surface area contributed by atoms with Crippen molar-refractivity contribution in [2.24, 2.45) is 5.41 Å². The molecule has 4 fully saturated rings. The number of piperazine rings is 1. The smallest absolute Gasteiger partial charge is 0.244 e. The molecule has 1 atom stereocenters. The fourth-order valence-corrected chi connectivity index (χ4v) is 6.58. The molecule has 38 heavy (non-hydrogen) atoms. The summed E-state index contributed by atoms with van der Waals surface area (Å²) < 4.78 is 0. The number of amides is 2. The zero-order chi connectivity index (χ0) is 26.3. The van der Waals surface area contributed by atoms with Crippen molar-refractivity contribution in [2.45, 2.75) is 70.4 Å². The first-order valence-corrected chi connectivity index (χ1v) is 14.2. The lowest BCUT2D eigenvalue weighted by molar-refractivity contribution is -0.140. The third kappa shape index (κ3) is 4.61. The number of aromatic nitrogens is 2. The number of carbonyl (C=O) groups excluding carboxylic acids is 2. The molecule has 4 heterocycles. The number of carbonyl (C=O) groups is 2. The minimum Gasteiger partial charge on any atom is -0.369 e. The standard InChI is InChI=1S/C29H39N7O2/c1-3-22(34-14-16-35(17-15-34)23-10-11-23)9-8-20(2)32-28-31-19-21-18-29(12-13-30-26(29)37)27(38)36(25(21)33-28)24-6-4-5-7-24/h3,8-9,19,23-24H,1,4-7,10-18H2,2H3,(H,30,37)(H,31,32,33)/b20-8+,22-9+/t29-/m1/s1. The minimum absolute atomic E-state index is 0.0877. The Labute approximate surface area is 225 Å². The van der Waals surface area contributed by atoms with Gasteiger partial charge in [0.05, 0.1) is 0 Å². The van der Waals surface area contributed by atoms with E-state index in [1.165, 1.54) is 12.8 Å². The lowest BCUT2D eigenvalue weighted by Gasteiger charge is -2.40. The van der Waals surface area contributed by atoms with Crippen molar-refractivity contribution >= 4 is 23.6 Å². The van der Waals surface area contributed by atoms with Crippen molar-refractivity contribution in [3.8, 4) is 0 Å². The average molecular weight is 518 g/mol. The third-order valence-corrected chi connectivity index (χ3v) is 8.92. The van der Waals surface area contributed by atoms with E-state index < -0.39 is 5.41 Å². The number of hydrogen-bond acceptors (Lipinski definition) is 7. The molecule has 3 aliphatic heterocycles. The Morgan fingerprint density at radius 3 is 2.53 bits per heavy atom. The van der Waals surface area contributed by atoms with E-state index in [4.69, 9.17) is 4.98 Å². The van der Waals surface area contributed by atoms with Crippen LogP contribution in [0.4, 0.5) is 11.8 Å². The van der Waals surface area contributed by atoms with Gasteiger partial charge in [-0.15, -0.1) is 0 Å². The van der Waals surface area contributed by atoms with Crippen molar-refractivity contribution < 1.29 is 9.59 Å². The van der Waals surface area contributed by atoms with Gasteiger partial charge in [-0.3, -0.25) is 19.4 Å². The second-order valence-electron chi connectivity index (χ2n) is 11.4. The highest BCUT2D eigenvalue weighted by atomic mass is 16.2. The van der Waals surface area contributed by atoms with Gasteiger partial charge < -0.3 is 15.5 Å². The van der Waals surface area contributed by atoms with E-state index in [2.05, 4.69) is 38.1 Å². The molecule has 5 aliphatic rings. The number of rotatable bonds is 7. The summed E-state index contributed by atoms with van der Waals surface area (Å²) in [6, 6.07) is 0.904. The topological polar surface area (TPSA) is 93.7 Å². The van der Waals surface area contributed by atoms with Crippen LogP contribution in [0.5, 0.6) is 0 Å². The normalized spacial score (nSPS) is 27.2. The summed E-state index contributed by atoms with van der Waals surface area (Å²) in [4.78, 5) is 42.9. The summed E-state index contributed by atoms with van der Waals surface area (Å²) in [5.74, 6) is 0.875. The molecule has 1 spiro atoms. The molecule has 2 aliphatic carbocycles. The summed E-state index contributed by atoms with van der Waals surface area (Å²) in [6.45, 7) is 10.8. The largest absolute Gasteiger partial charge is 0.369 e. The highest BCUT2D eigenvalue weighted by molar-refractivity contribution is 6.14. The van der Waals surface area contributed by atoms with E-state index in [1.54, 1.807) is 6.20 Å². The molecule has 9 nitrogen and oxygen atoms in total. The molecule has 2 saturated heterocycles. The number of nitrogens with one attached hydrogen (secondary N) is 2. The summed E-state index contributed by atoms with van der Waals surface area (Å²) in [5.41, 5.74) is 1.88. The Hall–Kier alpha value is -3.20. The lowest BCUT2D eigenvalue weighted by Crippen LogP contribution is -2.56. The summed E-state index contributed by atoms with van der Waals surface area (Å²) in [5, 5.41) is 6.20. The molecule has 0 bridgehead atoms. The number of anilines is 2. The maximum atomic E-state index is 13.8. The van der Waals surface area contributed by atoms with Crippen LogP contribution in [-0.4, -0.2) is 76.4 Å². The summed E-state index contributed by atoms with van der Waals surface area (Å²) in [6.07, 6.45) is 15.5. The van der Waals surface area contributed by atoms with Crippen LogP contribution in [0.2, 0.25) is 0 Å². The molecule has 2 N–H and O–H groups in total. The molecule has 2 saturated carbocycles. The quantitative estimate of drug-likeness (QED) is 0.424. The van der Waals surface area contributed by atoms with Crippen LogP contribution in [0, 0.1) is 5.41 Å². The summed E-state index contributed by atoms with van der Waals surface area (Å²) >= 11 is 0. The molecule has 202 valence electrons. The van der Waals surface area contributed by atoms with E-state index in [0.717, 1.165) is 74.9 Å². The van der Waals surface area contributed by atoms with E-state index in [9.17, 15) is 9.59 Å². The first-order valence-electron chi connectivity index (χ1n) is 14.2. The fraction of sp³-hybridized carbons (Fsp3) is 0.586. The van der Waals surface area contributed by atoms with Crippen LogP contribution < -0.4 is 15.5 Å². The molecule has 6 rings (SSSR count). The zero-order valence-corrected chi connectivity index (χ0v) is 22.4. The number of nitrogens with zero attached hydrogens (tertiary/aromatic N) is 5. The average Bonchev–Trinajstić information content (AvgIpc) is 3.51. The fourth-order valence-electron chi connectivity index (χ4n) is 6.58. The van der Waals surface area contributed by atoms with Crippen LogP contribution in [0.25, 0.3) is 0 Å². The molecule has 0 aromatic carbocycles. The Morgan fingerprint density at radius 1 is 1.11 bits per heavy atom. The van der Waals surface area contributed by atoms with Gasteiger partial charge in [0.2, 0.25) is 17.8 Å². The Bertz CT molecular complexity index is 1180. The molecule has 0 unspecified atom stereocenters. The lowest BCUT2D eigenvalue weighted by atomic mass is 9.76. The molecular weight excluding hydrogens is 478 g/mol. The van der Waals surface area contributed by atoms with Gasteiger partial charge in [0.15, 0.2) is 0 Å². The Balaban J connectivity index is 1.20. The van der Waals surface area contributed by atoms with Gasteiger partial charge in [-0.1, -0.05) is 19.4 Å². The van der Waals surface area contributed by atoms with Crippen LogP contribution >= 0.6 is 0 Å². The van der Waals surface area contributed by atoms with Crippen LogP contribution in [-0.2, 0) is 16.0 Å². The summed E-state index contributed by atoms with van der Waals surface area (Å²) in [7, 11) is 0. The van der Waals surface area contributed by atoms with Gasteiger partial charge in [-0.25, -0.2) is 4.98 Å². The van der Waals surface area contributed by atoms with E-state index in [-0.39, 0.29) is 17.9 Å². The zero-order valence-electron chi connectivity index (χ0n) is 22.4. The Morgan fingerprint density at radius 2 is 1.87 bits per heavy atom. The van der Waals surface area contributed by atoms with E-state index >= 15 is 0 Å². The van der Waals surface area contributed by atoms with Gasteiger partial charge in [0, 0.05) is 74.4 Å². The minimum atomic E-state index is -1.01. The molecule has 9 heteroatoms. The van der Waals surface area contributed by atoms with Crippen LogP contribution in [0.3, 0.4) is 0 Å². The van der Waals surface area contributed by atoms with Gasteiger partial charge in [-0.05, 0) is 57.3 Å². The van der Waals surface area contributed by atoms with Gasteiger partial charge in [0.1, 0.15) is 11.2 Å².